The minimum absolute atomic E-state index is 0.148. The molecule has 0 aliphatic carbocycles. The smallest absolute Gasteiger partial charge is 0.367 e. The first kappa shape index (κ1) is 24.7. The third kappa shape index (κ3) is 4.39. The summed E-state index contributed by atoms with van der Waals surface area (Å²) in [5.74, 6) is 0.408. The number of nitriles is 1. The van der Waals surface area contributed by atoms with Crippen molar-refractivity contribution in [3.05, 3.63) is 58.3 Å². The Morgan fingerprint density at radius 1 is 1.14 bits per heavy atom. The van der Waals surface area contributed by atoms with Gasteiger partial charge < -0.3 is 15.1 Å². The van der Waals surface area contributed by atoms with E-state index in [-0.39, 0.29) is 17.3 Å². The second-order valence-electron chi connectivity index (χ2n) is 9.79. The standard InChI is InChI=1S/C26H29F3N6/c1-15-18(12-30)8-7-9-19(15)16(2)31-24-21-11-23(35-13-25(4,14-35)34(5)6)22(26(27,28)29)10-20(21)17(3)32-33-24/h7-11,16H,13-14H2,1-6H3,(H,31,33)/t16-/m1/s1. The highest BCUT2D eigenvalue weighted by atomic mass is 19.4. The summed E-state index contributed by atoms with van der Waals surface area (Å²) in [4.78, 5) is 3.81. The largest absolute Gasteiger partial charge is 0.418 e. The van der Waals surface area contributed by atoms with Gasteiger partial charge in [-0.3, -0.25) is 0 Å². The van der Waals surface area contributed by atoms with Crippen LogP contribution in [0.5, 0.6) is 0 Å². The van der Waals surface area contributed by atoms with Crippen molar-refractivity contribution in [2.45, 2.75) is 45.5 Å². The van der Waals surface area contributed by atoms with Crippen LogP contribution in [-0.2, 0) is 6.18 Å². The molecule has 3 aromatic rings. The maximum Gasteiger partial charge on any atom is 0.418 e. The molecule has 1 aromatic heterocycles. The highest BCUT2D eigenvalue weighted by Crippen LogP contribution is 2.44. The van der Waals surface area contributed by atoms with E-state index in [4.69, 9.17) is 0 Å². The Bertz CT molecular complexity index is 1320. The number of aryl methyl sites for hydroxylation is 1. The molecular formula is C26H29F3N6. The Labute approximate surface area is 203 Å². The Morgan fingerprint density at radius 2 is 1.83 bits per heavy atom. The Kier molecular flexibility index (Phi) is 6.14. The van der Waals surface area contributed by atoms with Crippen molar-refractivity contribution in [2.75, 3.05) is 37.4 Å². The average Bonchev–Trinajstić information content (AvgIpc) is 2.77. The number of benzene rings is 2. The van der Waals surface area contributed by atoms with Gasteiger partial charge in [0.2, 0.25) is 0 Å². The van der Waals surface area contributed by atoms with Crippen molar-refractivity contribution >= 4 is 22.3 Å². The molecule has 1 aliphatic rings. The van der Waals surface area contributed by atoms with E-state index in [0.29, 0.717) is 40.9 Å². The number of nitrogens with zero attached hydrogens (tertiary/aromatic N) is 5. The molecule has 4 rings (SSSR count). The maximum absolute atomic E-state index is 14.1. The van der Waals surface area contributed by atoms with Crippen molar-refractivity contribution in [1.82, 2.24) is 15.1 Å². The van der Waals surface area contributed by atoms with E-state index in [0.717, 1.165) is 11.1 Å². The summed E-state index contributed by atoms with van der Waals surface area (Å²) in [5, 5.41) is 22.1. The van der Waals surface area contributed by atoms with Crippen LogP contribution in [0.1, 0.15) is 47.8 Å². The molecule has 1 atom stereocenters. The minimum Gasteiger partial charge on any atom is -0.367 e. The summed E-state index contributed by atoms with van der Waals surface area (Å²) < 4.78 is 42.3. The molecule has 1 N–H and O–H groups in total. The number of aromatic nitrogens is 2. The normalized spacial score (nSPS) is 16.2. The number of alkyl halides is 3. The lowest BCUT2D eigenvalue weighted by Gasteiger charge is -2.53. The van der Waals surface area contributed by atoms with Crippen LogP contribution in [0.4, 0.5) is 24.7 Å². The van der Waals surface area contributed by atoms with Gasteiger partial charge in [0.05, 0.1) is 34.5 Å². The fourth-order valence-corrected chi connectivity index (χ4v) is 4.67. The van der Waals surface area contributed by atoms with Gasteiger partial charge >= 0.3 is 6.18 Å². The number of halogens is 3. The van der Waals surface area contributed by atoms with E-state index in [2.05, 4.69) is 21.6 Å². The molecule has 35 heavy (non-hydrogen) atoms. The fourth-order valence-electron chi connectivity index (χ4n) is 4.67. The van der Waals surface area contributed by atoms with Gasteiger partial charge in [-0.05, 0) is 71.1 Å². The first-order chi connectivity index (χ1) is 16.4. The lowest BCUT2D eigenvalue weighted by atomic mass is 9.89. The maximum atomic E-state index is 14.1. The van der Waals surface area contributed by atoms with Crippen LogP contribution in [0.3, 0.4) is 0 Å². The molecule has 0 amide bonds. The number of rotatable bonds is 5. The fraction of sp³-hybridized carbons (Fsp3) is 0.423. The van der Waals surface area contributed by atoms with Crippen molar-refractivity contribution in [3.63, 3.8) is 0 Å². The molecule has 1 fully saturated rings. The summed E-state index contributed by atoms with van der Waals surface area (Å²) in [7, 11) is 3.88. The average molecular weight is 483 g/mol. The number of fused-ring (bicyclic) bond motifs is 1. The predicted molar refractivity (Wildman–Crippen MR) is 132 cm³/mol. The number of hydrogen-bond donors (Lipinski definition) is 1. The molecule has 0 spiro atoms. The number of anilines is 2. The van der Waals surface area contributed by atoms with Crippen LogP contribution < -0.4 is 10.2 Å². The van der Waals surface area contributed by atoms with E-state index < -0.39 is 11.7 Å². The van der Waals surface area contributed by atoms with Gasteiger partial charge in [-0.25, -0.2) is 0 Å². The van der Waals surface area contributed by atoms with Crippen LogP contribution in [0.2, 0.25) is 0 Å². The van der Waals surface area contributed by atoms with Crippen molar-refractivity contribution in [2.24, 2.45) is 0 Å². The number of hydrogen-bond acceptors (Lipinski definition) is 6. The monoisotopic (exact) mass is 482 g/mol. The summed E-state index contributed by atoms with van der Waals surface area (Å²) in [6.45, 7) is 8.50. The zero-order valence-electron chi connectivity index (χ0n) is 20.7. The van der Waals surface area contributed by atoms with Gasteiger partial charge in [-0.15, -0.1) is 5.10 Å². The lowest BCUT2D eigenvalue weighted by molar-refractivity contribution is -0.137. The lowest BCUT2D eigenvalue weighted by Crippen LogP contribution is -2.67. The van der Waals surface area contributed by atoms with Gasteiger partial charge in [0.1, 0.15) is 0 Å². The highest BCUT2D eigenvalue weighted by molar-refractivity contribution is 5.97. The first-order valence-corrected chi connectivity index (χ1v) is 11.4. The van der Waals surface area contributed by atoms with E-state index in [9.17, 15) is 18.4 Å². The Balaban J connectivity index is 1.80. The van der Waals surface area contributed by atoms with Crippen LogP contribution in [0, 0.1) is 25.2 Å². The van der Waals surface area contributed by atoms with Gasteiger partial charge in [0.25, 0.3) is 0 Å². The Morgan fingerprint density at radius 3 is 2.43 bits per heavy atom. The van der Waals surface area contributed by atoms with Crippen LogP contribution in [0.15, 0.2) is 30.3 Å². The van der Waals surface area contributed by atoms with Crippen LogP contribution in [0.25, 0.3) is 10.8 Å². The van der Waals surface area contributed by atoms with E-state index in [1.807, 2.05) is 51.9 Å². The second kappa shape index (κ2) is 8.68. The van der Waals surface area contributed by atoms with Gasteiger partial charge in [-0.2, -0.15) is 23.5 Å². The van der Waals surface area contributed by atoms with Crippen LogP contribution in [-0.4, -0.2) is 47.8 Å². The third-order valence-corrected chi connectivity index (χ3v) is 7.19. The molecule has 0 saturated carbocycles. The van der Waals surface area contributed by atoms with E-state index >= 15 is 0 Å². The van der Waals surface area contributed by atoms with E-state index in [1.165, 1.54) is 6.07 Å². The second-order valence-corrected chi connectivity index (χ2v) is 9.79. The summed E-state index contributed by atoms with van der Waals surface area (Å²) >= 11 is 0. The van der Waals surface area contributed by atoms with Crippen molar-refractivity contribution < 1.29 is 13.2 Å². The molecule has 6 nitrogen and oxygen atoms in total. The molecule has 0 bridgehead atoms. The quantitative estimate of drug-likeness (QED) is 0.522. The molecule has 0 unspecified atom stereocenters. The predicted octanol–water partition coefficient (Wildman–Crippen LogP) is 5.45. The summed E-state index contributed by atoms with van der Waals surface area (Å²) in [6.07, 6.45) is -4.50. The zero-order chi connectivity index (χ0) is 25.7. The first-order valence-electron chi connectivity index (χ1n) is 11.4. The summed E-state index contributed by atoms with van der Waals surface area (Å²) in [5.41, 5.74) is 2.06. The zero-order valence-corrected chi connectivity index (χ0v) is 20.7. The molecule has 1 saturated heterocycles. The molecular weight excluding hydrogens is 453 g/mol. The van der Waals surface area contributed by atoms with Crippen molar-refractivity contribution in [3.8, 4) is 6.07 Å². The molecule has 2 heterocycles. The third-order valence-electron chi connectivity index (χ3n) is 7.19. The molecule has 1 aliphatic heterocycles. The van der Waals surface area contributed by atoms with Gasteiger partial charge in [-0.1, -0.05) is 12.1 Å². The molecule has 2 aromatic carbocycles. The SMILES string of the molecule is Cc1c(C#N)cccc1[C@@H](C)Nc1nnc(C)c2cc(C(F)(F)F)c(N3CC(C)(N(C)C)C3)cc12. The number of likely N-dealkylation sites (N-methyl/N-ethyl adjacent to an activating group) is 1. The molecule has 9 heteroatoms. The van der Waals surface area contributed by atoms with Gasteiger partial charge in [0.15, 0.2) is 5.82 Å². The van der Waals surface area contributed by atoms with Crippen molar-refractivity contribution in [1.29, 1.82) is 5.26 Å². The molecule has 184 valence electrons. The number of nitrogens with one attached hydrogen (secondary N) is 1. The highest BCUT2D eigenvalue weighted by Gasteiger charge is 2.44. The van der Waals surface area contributed by atoms with Crippen LogP contribution >= 0.6 is 0 Å². The minimum atomic E-state index is -4.50. The topological polar surface area (TPSA) is 68.1 Å². The Hall–Kier alpha value is -3.38. The molecule has 0 radical (unpaired) electrons. The summed E-state index contributed by atoms with van der Waals surface area (Å²) in [6, 6.07) is 10.2. The van der Waals surface area contributed by atoms with Gasteiger partial charge in [0, 0.05) is 29.5 Å². The van der Waals surface area contributed by atoms with E-state index in [1.54, 1.807) is 24.0 Å².